The number of pyridine rings is 1. The number of halogens is 7. The Morgan fingerprint density at radius 3 is 2.51 bits per heavy atom. The third kappa shape index (κ3) is 6.30. The molecule has 0 bridgehead atoms. The molecule has 45 heavy (non-hydrogen) atoms. The lowest BCUT2D eigenvalue weighted by Crippen LogP contribution is -2.60. The summed E-state index contributed by atoms with van der Waals surface area (Å²) in [5.41, 5.74) is -3.44. The molecule has 1 atom stereocenters. The number of nitrogens with one attached hydrogen (secondary N) is 1. The summed E-state index contributed by atoms with van der Waals surface area (Å²) in [5.74, 6) is -2.71. The van der Waals surface area contributed by atoms with Gasteiger partial charge in [-0.05, 0) is 55.7 Å². The van der Waals surface area contributed by atoms with Gasteiger partial charge in [-0.2, -0.15) is 22.0 Å². The van der Waals surface area contributed by atoms with Gasteiger partial charge < -0.3 is 15.2 Å². The second kappa shape index (κ2) is 12.0. The van der Waals surface area contributed by atoms with Crippen molar-refractivity contribution in [2.75, 3.05) is 11.9 Å². The van der Waals surface area contributed by atoms with Crippen LogP contribution >= 0.6 is 0 Å². The molecule has 1 fully saturated rings. The Morgan fingerprint density at radius 1 is 1.11 bits per heavy atom. The number of nitrogens with zero attached hydrogens (tertiary/aromatic N) is 3. The molecule has 2 amide bonds. The molecule has 3 heterocycles. The molecule has 3 aromatic rings. The Morgan fingerprint density at radius 2 is 1.87 bits per heavy atom. The number of benzene rings is 2. The number of carbonyl (C=O) groups excluding carboxylic acids is 2. The predicted octanol–water partition coefficient (Wildman–Crippen LogP) is 6.87. The first-order valence-electron chi connectivity index (χ1n) is 13.5. The lowest BCUT2D eigenvalue weighted by molar-refractivity contribution is -0.160. The van der Waals surface area contributed by atoms with Crippen molar-refractivity contribution in [2.24, 2.45) is 0 Å². The maximum absolute atomic E-state index is 13.8. The molecule has 2 aliphatic rings. The fourth-order valence-corrected chi connectivity index (χ4v) is 5.49. The molecule has 8 nitrogen and oxygen atoms in total. The summed E-state index contributed by atoms with van der Waals surface area (Å²) in [6.07, 6.45) is -6.00. The van der Waals surface area contributed by atoms with Crippen LogP contribution in [0.25, 0.3) is 11.1 Å². The van der Waals surface area contributed by atoms with Gasteiger partial charge in [0.1, 0.15) is 22.8 Å². The van der Waals surface area contributed by atoms with Gasteiger partial charge >= 0.3 is 12.8 Å². The summed E-state index contributed by atoms with van der Waals surface area (Å²) in [6, 6.07) is 10.4. The molecule has 15 heteroatoms. The highest BCUT2D eigenvalue weighted by Gasteiger charge is 2.52. The number of alkyl halides is 7. The minimum atomic E-state index is -4.75. The van der Waals surface area contributed by atoms with E-state index in [9.17, 15) is 45.4 Å². The second-order valence-corrected chi connectivity index (χ2v) is 10.6. The van der Waals surface area contributed by atoms with Gasteiger partial charge in [0, 0.05) is 35.1 Å². The van der Waals surface area contributed by atoms with Gasteiger partial charge in [0.2, 0.25) is 0 Å². The van der Waals surface area contributed by atoms with E-state index in [0.29, 0.717) is 31.0 Å². The molecule has 1 saturated heterocycles. The summed E-state index contributed by atoms with van der Waals surface area (Å²) in [7, 11) is 0. The SMILES string of the molecule is CC12CCCN1N(Cc1cccc(OC(F)F)c1)C(=O)C(C(=O)Nc1ccc(C(F)F)cc1-c1ccc(C(F)(F)F)nc1)=C2O. The first-order valence-corrected chi connectivity index (χ1v) is 13.5. The van der Waals surface area contributed by atoms with E-state index in [0.717, 1.165) is 30.5 Å². The smallest absolute Gasteiger partial charge is 0.433 e. The normalized spacial score (nSPS) is 19.0. The molecule has 0 radical (unpaired) electrons. The van der Waals surface area contributed by atoms with Crippen LogP contribution in [0.15, 0.2) is 72.1 Å². The van der Waals surface area contributed by atoms with Crippen LogP contribution in [0.4, 0.5) is 36.4 Å². The third-order valence-corrected chi connectivity index (χ3v) is 7.68. The number of hydrogen-bond donors (Lipinski definition) is 2. The number of hydrogen-bond acceptors (Lipinski definition) is 6. The molecule has 0 aliphatic carbocycles. The summed E-state index contributed by atoms with van der Waals surface area (Å²) in [4.78, 5) is 30.8. The van der Waals surface area contributed by atoms with Crippen LogP contribution in [-0.4, -0.2) is 50.6 Å². The maximum Gasteiger partial charge on any atom is 0.433 e. The fraction of sp³-hybridized carbons (Fsp3) is 0.300. The molecule has 5 rings (SSSR count). The molecule has 2 aliphatic heterocycles. The number of carbonyl (C=O) groups is 2. The molecule has 2 N–H and O–H groups in total. The second-order valence-electron chi connectivity index (χ2n) is 10.6. The van der Waals surface area contributed by atoms with Gasteiger partial charge in [-0.3, -0.25) is 19.6 Å². The van der Waals surface area contributed by atoms with Gasteiger partial charge in [-0.25, -0.2) is 13.8 Å². The highest BCUT2D eigenvalue weighted by atomic mass is 19.4. The van der Waals surface area contributed by atoms with Crippen LogP contribution in [0.2, 0.25) is 0 Å². The van der Waals surface area contributed by atoms with Crippen molar-refractivity contribution >= 4 is 17.5 Å². The van der Waals surface area contributed by atoms with Crippen molar-refractivity contribution in [1.82, 2.24) is 15.0 Å². The minimum absolute atomic E-state index is 0.0320. The molecule has 1 unspecified atom stereocenters. The number of fused-ring (bicyclic) bond motifs is 1. The zero-order valence-corrected chi connectivity index (χ0v) is 23.4. The van der Waals surface area contributed by atoms with E-state index in [2.05, 4.69) is 15.0 Å². The molecule has 0 spiro atoms. The monoisotopic (exact) mass is 638 g/mol. The highest BCUT2D eigenvalue weighted by Crippen LogP contribution is 2.42. The quantitative estimate of drug-likeness (QED) is 0.207. The van der Waals surface area contributed by atoms with E-state index in [-0.39, 0.29) is 29.1 Å². The molecule has 238 valence electrons. The number of aliphatic hydroxyl groups is 1. The number of aromatic nitrogens is 1. The van der Waals surface area contributed by atoms with Crippen LogP contribution in [0, 0.1) is 0 Å². The molecular formula is C30H25F7N4O4. The predicted molar refractivity (Wildman–Crippen MR) is 146 cm³/mol. The Hall–Kier alpha value is -4.66. The molecule has 2 aromatic carbocycles. The average Bonchev–Trinajstić information content (AvgIpc) is 3.38. The summed E-state index contributed by atoms with van der Waals surface area (Å²) < 4.78 is 96.3. The minimum Gasteiger partial charge on any atom is -0.509 e. The number of aliphatic hydroxyl groups excluding tert-OH is 1. The van der Waals surface area contributed by atoms with Gasteiger partial charge in [-0.15, -0.1) is 0 Å². The number of rotatable bonds is 8. The van der Waals surface area contributed by atoms with Crippen LogP contribution in [0.1, 0.15) is 43.0 Å². The number of amides is 2. The number of anilines is 1. The van der Waals surface area contributed by atoms with Gasteiger partial charge in [0.05, 0.1) is 12.1 Å². The van der Waals surface area contributed by atoms with Crippen molar-refractivity contribution in [3.63, 3.8) is 0 Å². The van der Waals surface area contributed by atoms with E-state index in [1.165, 1.54) is 23.2 Å². The van der Waals surface area contributed by atoms with Crippen LogP contribution in [0.3, 0.4) is 0 Å². The lowest BCUT2D eigenvalue weighted by Gasteiger charge is -2.46. The average molecular weight is 639 g/mol. The molecule has 0 saturated carbocycles. The Kier molecular flexibility index (Phi) is 8.49. The first kappa shape index (κ1) is 31.8. The maximum atomic E-state index is 13.8. The number of ether oxygens (including phenoxy) is 1. The summed E-state index contributed by atoms with van der Waals surface area (Å²) in [6.45, 7) is -1.30. The first-order chi connectivity index (χ1) is 21.2. The Labute approximate surface area is 251 Å². The largest absolute Gasteiger partial charge is 0.509 e. The molecular weight excluding hydrogens is 613 g/mol. The van der Waals surface area contributed by atoms with E-state index >= 15 is 0 Å². The van der Waals surface area contributed by atoms with E-state index in [4.69, 9.17) is 0 Å². The fourth-order valence-electron chi connectivity index (χ4n) is 5.49. The van der Waals surface area contributed by atoms with Crippen molar-refractivity contribution in [3.05, 3.63) is 88.9 Å². The van der Waals surface area contributed by atoms with E-state index in [1.54, 1.807) is 18.0 Å². The van der Waals surface area contributed by atoms with Crippen molar-refractivity contribution in [1.29, 1.82) is 0 Å². The topological polar surface area (TPSA) is 95.0 Å². The zero-order chi connectivity index (χ0) is 32.7. The number of hydrazine groups is 1. The lowest BCUT2D eigenvalue weighted by atomic mass is 9.90. The van der Waals surface area contributed by atoms with Crippen molar-refractivity contribution < 1.29 is 50.2 Å². The summed E-state index contributed by atoms with van der Waals surface area (Å²) >= 11 is 0. The van der Waals surface area contributed by atoms with Gasteiger partial charge in [0.15, 0.2) is 0 Å². The standard InChI is InChI=1S/C30H25F7N4O4/c1-29-10-3-11-41(29)40(15-16-4-2-5-19(12-16)45-28(33)34)27(44)23(24(29)42)26(43)39-21-8-6-17(25(31)32)13-20(21)18-7-9-22(38-14-18)30(35,36)37/h2,4-9,12-14,25,28,42H,3,10-11,15H2,1H3,(H,39,43). The third-order valence-electron chi connectivity index (χ3n) is 7.68. The van der Waals surface area contributed by atoms with Crippen LogP contribution in [0.5, 0.6) is 5.75 Å². The van der Waals surface area contributed by atoms with Crippen LogP contribution in [-0.2, 0) is 22.3 Å². The zero-order valence-electron chi connectivity index (χ0n) is 23.4. The van der Waals surface area contributed by atoms with Crippen molar-refractivity contribution in [3.8, 4) is 16.9 Å². The Bertz CT molecular complexity index is 1650. The van der Waals surface area contributed by atoms with E-state index < -0.39 is 59.2 Å². The summed E-state index contributed by atoms with van der Waals surface area (Å²) in [5, 5.41) is 16.5. The van der Waals surface area contributed by atoms with Crippen LogP contribution < -0.4 is 10.1 Å². The Balaban J connectivity index is 1.50. The van der Waals surface area contributed by atoms with Gasteiger partial charge in [0.25, 0.3) is 18.2 Å². The van der Waals surface area contributed by atoms with Crippen molar-refractivity contribution in [2.45, 2.75) is 51.1 Å². The van der Waals surface area contributed by atoms with E-state index in [1.807, 2.05) is 0 Å². The highest BCUT2D eigenvalue weighted by molar-refractivity contribution is 6.24. The van der Waals surface area contributed by atoms with Gasteiger partial charge in [-0.1, -0.05) is 24.3 Å². The molecule has 1 aromatic heterocycles.